The van der Waals surface area contributed by atoms with Gasteiger partial charge in [-0.05, 0) is 54.0 Å². The van der Waals surface area contributed by atoms with Crippen LogP contribution < -0.4 is 5.32 Å². The first-order valence-electron chi connectivity index (χ1n) is 7.07. The van der Waals surface area contributed by atoms with Crippen molar-refractivity contribution in [1.82, 2.24) is 20.2 Å². The number of carbonyl (C=O) groups excluding carboxylic acids is 1. The van der Waals surface area contributed by atoms with Gasteiger partial charge >= 0.3 is 0 Å². The largest absolute Gasteiger partial charge is 0.396 e. The molecule has 7 nitrogen and oxygen atoms in total. The van der Waals surface area contributed by atoms with Crippen molar-refractivity contribution in [3.05, 3.63) is 24.3 Å². The van der Waals surface area contributed by atoms with Crippen LogP contribution in [0, 0.1) is 0 Å². The summed E-state index contributed by atoms with van der Waals surface area (Å²) in [5.74, 6) is 0.662. The molecule has 1 saturated carbocycles. The molecule has 7 heteroatoms. The minimum absolute atomic E-state index is 0.0240. The molecule has 1 aromatic carbocycles. The van der Waals surface area contributed by atoms with E-state index in [1.54, 1.807) is 0 Å². The summed E-state index contributed by atoms with van der Waals surface area (Å²) in [4.78, 5) is 11.6. The molecular weight excluding hydrogens is 270 g/mol. The zero-order valence-electron chi connectivity index (χ0n) is 11.6. The third-order valence-corrected chi connectivity index (χ3v) is 3.37. The van der Waals surface area contributed by atoms with Crippen LogP contribution in [0.5, 0.6) is 0 Å². The number of aliphatic hydroxyl groups is 1. The Bertz CT molecular complexity index is 619. The van der Waals surface area contributed by atoms with Gasteiger partial charge in [0.15, 0.2) is 5.82 Å². The number of nitrogens with zero attached hydrogens (tertiary/aromatic N) is 4. The van der Waals surface area contributed by atoms with Gasteiger partial charge in [0.1, 0.15) is 0 Å². The molecule has 2 aromatic rings. The van der Waals surface area contributed by atoms with Crippen molar-refractivity contribution in [2.24, 2.45) is 0 Å². The highest BCUT2D eigenvalue weighted by molar-refractivity contribution is 5.90. The average Bonchev–Trinajstić information content (AvgIpc) is 3.23. The molecule has 3 rings (SSSR count). The molecule has 1 fully saturated rings. The van der Waals surface area contributed by atoms with E-state index in [-0.39, 0.29) is 12.5 Å². The molecule has 1 aliphatic rings. The van der Waals surface area contributed by atoms with E-state index in [2.05, 4.69) is 20.8 Å². The average molecular weight is 287 g/mol. The van der Waals surface area contributed by atoms with Crippen molar-refractivity contribution in [1.29, 1.82) is 0 Å². The van der Waals surface area contributed by atoms with Crippen LogP contribution in [0.4, 0.5) is 5.69 Å². The van der Waals surface area contributed by atoms with Gasteiger partial charge in [-0.3, -0.25) is 4.79 Å². The summed E-state index contributed by atoms with van der Waals surface area (Å²) >= 11 is 0. The first-order valence-corrected chi connectivity index (χ1v) is 7.07. The standard InChI is InChI=1S/C14H17N5O2/c20-9-1-2-13(21)15-11-5-3-10(4-6-11)14-16-17-18-19(14)12-7-8-12/h3-6,12,20H,1-2,7-9H2,(H,15,21). The summed E-state index contributed by atoms with van der Waals surface area (Å²) in [6.07, 6.45) is 3.03. The van der Waals surface area contributed by atoms with E-state index in [4.69, 9.17) is 5.11 Å². The van der Waals surface area contributed by atoms with Crippen molar-refractivity contribution < 1.29 is 9.90 Å². The van der Waals surface area contributed by atoms with Gasteiger partial charge in [-0.15, -0.1) is 5.10 Å². The molecule has 0 radical (unpaired) electrons. The van der Waals surface area contributed by atoms with Crippen LogP contribution in [0.3, 0.4) is 0 Å². The topological polar surface area (TPSA) is 92.9 Å². The fourth-order valence-corrected chi connectivity index (χ4v) is 2.11. The summed E-state index contributed by atoms with van der Waals surface area (Å²) in [5, 5.41) is 23.3. The molecule has 110 valence electrons. The molecule has 1 heterocycles. The molecular formula is C14H17N5O2. The lowest BCUT2D eigenvalue weighted by Crippen LogP contribution is -2.11. The number of anilines is 1. The molecule has 0 atom stereocenters. The molecule has 1 aromatic heterocycles. The second-order valence-corrected chi connectivity index (χ2v) is 5.13. The SMILES string of the molecule is O=C(CCCO)Nc1ccc(-c2nnnn2C2CC2)cc1. The van der Waals surface area contributed by atoms with Gasteiger partial charge in [-0.1, -0.05) is 0 Å². The number of tetrazole rings is 1. The van der Waals surface area contributed by atoms with E-state index < -0.39 is 0 Å². The zero-order chi connectivity index (χ0) is 14.7. The molecule has 1 amide bonds. The minimum atomic E-state index is -0.0976. The maximum Gasteiger partial charge on any atom is 0.224 e. The number of hydrogen-bond donors (Lipinski definition) is 2. The third-order valence-electron chi connectivity index (χ3n) is 3.37. The number of benzene rings is 1. The first-order chi connectivity index (χ1) is 10.3. The first kappa shape index (κ1) is 13.7. The van der Waals surface area contributed by atoms with Gasteiger partial charge < -0.3 is 10.4 Å². The Morgan fingerprint density at radius 3 is 2.76 bits per heavy atom. The van der Waals surface area contributed by atoms with Crippen LogP contribution in [0.15, 0.2) is 24.3 Å². The van der Waals surface area contributed by atoms with Gasteiger partial charge in [0, 0.05) is 24.3 Å². The second kappa shape index (κ2) is 6.01. The monoisotopic (exact) mass is 287 g/mol. The normalized spacial score (nSPS) is 14.1. The van der Waals surface area contributed by atoms with E-state index in [1.807, 2.05) is 28.9 Å². The molecule has 0 bridgehead atoms. The van der Waals surface area contributed by atoms with Crippen LogP contribution in [-0.4, -0.2) is 37.8 Å². The van der Waals surface area contributed by atoms with Crippen molar-refractivity contribution in [2.45, 2.75) is 31.7 Å². The molecule has 1 aliphatic carbocycles. The van der Waals surface area contributed by atoms with Gasteiger partial charge in [-0.2, -0.15) is 0 Å². The van der Waals surface area contributed by atoms with Crippen LogP contribution in [0.25, 0.3) is 11.4 Å². The minimum Gasteiger partial charge on any atom is -0.396 e. The Morgan fingerprint density at radius 2 is 2.10 bits per heavy atom. The van der Waals surface area contributed by atoms with E-state index >= 15 is 0 Å². The van der Waals surface area contributed by atoms with Crippen LogP contribution in [-0.2, 0) is 4.79 Å². The Labute approximate surface area is 122 Å². The summed E-state index contributed by atoms with van der Waals surface area (Å²) in [5.41, 5.74) is 1.66. The second-order valence-electron chi connectivity index (χ2n) is 5.13. The van der Waals surface area contributed by atoms with Crippen molar-refractivity contribution in [3.8, 4) is 11.4 Å². The van der Waals surface area contributed by atoms with Gasteiger partial charge in [0.2, 0.25) is 5.91 Å². The summed E-state index contributed by atoms with van der Waals surface area (Å²) < 4.78 is 1.86. The quantitative estimate of drug-likeness (QED) is 0.837. The Hall–Kier alpha value is -2.28. The Kier molecular flexibility index (Phi) is 3.92. The predicted octanol–water partition coefficient (Wildman–Crippen LogP) is 1.39. The van der Waals surface area contributed by atoms with E-state index in [9.17, 15) is 4.79 Å². The number of hydrogen-bond acceptors (Lipinski definition) is 5. The summed E-state index contributed by atoms with van der Waals surface area (Å²) in [6, 6.07) is 7.88. The highest BCUT2D eigenvalue weighted by Gasteiger charge is 2.28. The van der Waals surface area contributed by atoms with Crippen molar-refractivity contribution >= 4 is 11.6 Å². The number of amides is 1. The lowest BCUT2D eigenvalue weighted by atomic mass is 10.2. The highest BCUT2D eigenvalue weighted by atomic mass is 16.3. The van der Waals surface area contributed by atoms with Crippen LogP contribution in [0.1, 0.15) is 31.7 Å². The number of aromatic nitrogens is 4. The maximum atomic E-state index is 11.6. The number of rotatable bonds is 6. The van der Waals surface area contributed by atoms with Crippen LogP contribution >= 0.6 is 0 Å². The number of carbonyl (C=O) groups is 1. The van der Waals surface area contributed by atoms with Crippen molar-refractivity contribution in [2.75, 3.05) is 11.9 Å². The zero-order valence-corrected chi connectivity index (χ0v) is 11.6. The molecule has 21 heavy (non-hydrogen) atoms. The molecule has 0 saturated heterocycles. The van der Waals surface area contributed by atoms with Gasteiger partial charge in [0.05, 0.1) is 6.04 Å². The smallest absolute Gasteiger partial charge is 0.224 e. The molecule has 0 unspecified atom stereocenters. The fourth-order valence-electron chi connectivity index (χ4n) is 2.11. The number of aliphatic hydroxyl groups excluding tert-OH is 1. The number of nitrogens with one attached hydrogen (secondary N) is 1. The summed E-state index contributed by atoms with van der Waals surface area (Å²) in [6.45, 7) is 0.0240. The Balaban J connectivity index is 1.69. The van der Waals surface area contributed by atoms with E-state index in [1.165, 1.54) is 0 Å². The predicted molar refractivity (Wildman–Crippen MR) is 76.5 cm³/mol. The lowest BCUT2D eigenvalue weighted by Gasteiger charge is -2.06. The van der Waals surface area contributed by atoms with Crippen LogP contribution in [0.2, 0.25) is 0 Å². The van der Waals surface area contributed by atoms with E-state index in [0.717, 1.165) is 29.9 Å². The highest BCUT2D eigenvalue weighted by Crippen LogP contribution is 2.36. The van der Waals surface area contributed by atoms with Gasteiger partial charge in [-0.25, -0.2) is 4.68 Å². The maximum absolute atomic E-state index is 11.6. The van der Waals surface area contributed by atoms with Gasteiger partial charge in [0.25, 0.3) is 0 Å². The van der Waals surface area contributed by atoms with E-state index in [0.29, 0.717) is 18.9 Å². The Morgan fingerprint density at radius 1 is 1.33 bits per heavy atom. The molecule has 0 spiro atoms. The summed E-state index contributed by atoms with van der Waals surface area (Å²) in [7, 11) is 0. The lowest BCUT2D eigenvalue weighted by molar-refractivity contribution is -0.116. The molecule has 0 aliphatic heterocycles. The third kappa shape index (κ3) is 3.25. The molecule has 2 N–H and O–H groups in total. The fraction of sp³-hybridized carbons (Fsp3) is 0.429. The van der Waals surface area contributed by atoms with Crippen molar-refractivity contribution in [3.63, 3.8) is 0 Å².